The van der Waals surface area contributed by atoms with Gasteiger partial charge in [0.25, 0.3) is 0 Å². The molecule has 48 heavy (non-hydrogen) atoms. The van der Waals surface area contributed by atoms with E-state index in [1.807, 2.05) is 30.3 Å². The maximum absolute atomic E-state index is 9.35. The molecule has 1 fully saturated rings. The molecule has 245 valence electrons. The van der Waals surface area contributed by atoms with Gasteiger partial charge in [0, 0.05) is 57.0 Å². The number of rotatable bonds is 3. The molecule has 1 aliphatic carbocycles. The van der Waals surface area contributed by atoms with Crippen LogP contribution in [-0.2, 0) is 20.1 Å². The average Bonchev–Trinajstić information content (AvgIpc) is 3.55. The van der Waals surface area contributed by atoms with E-state index in [0.29, 0.717) is 52.1 Å². The molecule has 1 radical (unpaired) electrons. The third-order valence-corrected chi connectivity index (χ3v) is 9.27. The van der Waals surface area contributed by atoms with Gasteiger partial charge in [0.2, 0.25) is 0 Å². The summed E-state index contributed by atoms with van der Waals surface area (Å²) in [6.45, 7) is -0.542. The number of nitrogens with zero attached hydrogens (tertiary/aromatic N) is 2. The van der Waals surface area contributed by atoms with E-state index in [-0.39, 0.29) is 42.2 Å². The SMILES string of the molecule is [2H]C([2H])([2H])c1c[c-]c(-c2cc(C)c(C([2H])([2H])[2H])cn2)cc1.[2H]C([2H])([2H])c1cnc(-c2[c-]ccc3c2oc2c4ccccc4ccc32)cc1C1([2H])CCC(C)(C)CC1.[Ir]. The van der Waals surface area contributed by atoms with Crippen molar-refractivity contribution in [2.75, 3.05) is 0 Å². The molecule has 0 unspecified atom stereocenters. The van der Waals surface area contributed by atoms with Crippen LogP contribution in [0.4, 0.5) is 0 Å². The Morgan fingerprint density at radius 3 is 2.31 bits per heavy atom. The van der Waals surface area contributed by atoms with E-state index in [9.17, 15) is 1.37 Å². The Kier molecular flexibility index (Phi) is 6.69. The largest absolute Gasteiger partial charge is 0.500 e. The van der Waals surface area contributed by atoms with Crippen LogP contribution in [0, 0.1) is 45.0 Å². The minimum absolute atomic E-state index is 0. The summed E-state index contributed by atoms with van der Waals surface area (Å²) >= 11 is 0. The monoisotopic (exact) mass is 817 g/mol. The molecule has 8 rings (SSSR count). The summed E-state index contributed by atoms with van der Waals surface area (Å²) in [6.07, 6.45) is 5.79. The Morgan fingerprint density at radius 1 is 0.792 bits per heavy atom. The zero-order valence-electron chi connectivity index (χ0n) is 37.1. The van der Waals surface area contributed by atoms with Gasteiger partial charge in [-0.15, -0.1) is 53.6 Å². The molecule has 0 spiro atoms. The second-order valence-electron chi connectivity index (χ2n) is 13.1. The summed E-state index contributed by atoms with van der Waals surface area (Å²) in [6, 6.07) is 30.4. The first kappa shape index (κ1) is 23.3. The van der Waals surface area contributed by atoms with Gasteiger partial charge in [-0.05, 0) is 91.1 Å². The summed E-state index contributed by atoms with van der Waals surface area (Å²) in [4.78, 5) is 8.71. The Balaban J connectivity index is 0.000000221. The van der Waals surface area contributed by atoms with Crippen LogP contribution in [0.3, 0.4) is 0 Å². The van der Waals surface area contributed by atoms with Crippen molar-refractivity contribution >= 4 is 32.7 Å². The molecular weight excluding hydrogens is 765 g/mol. The van der Waals surface area contributed by atoms with Crippen LogP contribution in [0.25, 0.3) is 55.2 Å². The summed E-state index contributed by atoms with van der Waals surface area (Å²) in [5, 5.41) is 4.13. The quantitative estimate of drug-likeness (QED) is 0.167. The van der Waals surface area contributed by atoms with Gasteiger partial charge in [0.1, 0.15) is 5.58 Å². The first-order chi connectivity index (χ1) is 26.6. The van der Waals surface area contributed by atoms with E-state index in [2.05, 4.69) is 60.2 Å². The van der Waals surface area contributed by atoms with Crippen LogP contribution in [0.5, 0.6) is 0 Å². The van der Waals surface area contributed by atoms with E-state index < -0.39 is 26.4 Å². The minimum atomic E-state index is -2.34. The number of pyridine rings is 2. The van der Waals surface area contributed by atoms with E-state index in [1.165, 1.54) is 24.5 Å². The fraction of sp³-hybridized carbons (Fsp3) is 0.273. The number of furan rings is 1. The standard InChI is InChI=1S/C30H28NO.C14H14N.Ir/c1-19-18-31-27(17-26(19)21-13-15-30(2,3)16-14-21)25-10-6-9-23-24-12-11-20-7-4-5-8-22(20)28(24)32-29(23)25;1-10-4-6-13(7-5-10)14-8-11(2)12(3)9-15-14;/h4-9,11-12,17-18,21H,13-16H2,1-3H3;4-6,8-9H,1-3H3;/q2*-1;/i1D3,21D;1D3,3D3;. The summed E-state index contributed by atoms with van der Waals surface area (Å²) < 4.78 is 84.4. The Bertz CT molecular complexity index is 2600. The van der Waals surface area contributed by atoms with E-state index in [0.717, 1.165) is 40.0 Å². The molecule has 3 heterocycles. The number of hydrogen-bond acceptors (Lipinski definition) is 3. The summed E-state index contributed by atoms with van der Waals surface area (Å²) in [5.41, 5.74) is 5.88. The van der Waals surface area contributed by atoms with Gasteiger partial charge in [-0.2, -0.15) is 0 Å². The smallest absolute Gasteiger partial charge is 0.128 e. The van der Waals surface area contributed by atoms with Gasteiger partial charge >= 0.3 is 0 Å². The number of benzene rings is 4. The number of fused-ring (bicyclic) bond motifs is 5. The fourth-order valence-electron chi connectivity index (χ4n) is 6.33. The molecule has 4 heteroatoms. The van der Waals surface area contributed by atoms with Gasteiger partial charge in [-0.3, -0.25) is 0 Å². The summed E-state index contributed by atoms with van der Waals surface area (Å²) in [7, 11) is 0. The number of aryl methyl sites for hydroxylation is 4. The van der Waals surface area contributed by atoms with Gasteiger partial charge in [0.15, 0.2) is 0 Å². The topological polar surface area (TPSA) is 38.9 Å². The fourth-order valence-corrected chi connectivity index (χ4v) is 6.33. The van der Waals surface area contributed by atoms with Crippen LogP contribution >= 0.6 is 0 Å². The molecule has 4 aromatic carbocycles. The zero-order valence-corrected chi connectivity index (χ0v) is 29.5. The normalized spacial score (nSPS) is 19.0. The van der Waals surface area contributed by atoms with Gasteiger partial charge < -0.3 is 14.4 Å². The molecule has 0 saturated heterocycles. The van der Waals surface area contributed by atoms with Gasteiger partial charge in [-0.25, -0.2) is 0 Å². The molecule has 0 amide bonds. The number of hydrogen-bond donors (Lipinski definition) is 0. The molecule has 3 aromatic heterocycles. The third kappa shape index (κ3) is 6.75. The Labute approximate surface area is 312 Å². The Hall–Kier alpha value is -4.11. The predicted octanol–water partition coefficient (Wildman–Crippen LogP) is 12.1. The van der Waals surface area contributed by atoms with Crippen LogP contribution < -0.4 is 0 Å². The first-order valence-electron chi connectivity index (χ1n) is 20.9. The van der Waals surface area contributed by atoms with E-state index in [1.54, 1.807) is 19.1 Å². The zero-order chi connectivity index (χ0) is 41.1. The molecule has 0 atom stereocenters. The molecule has 0 aliphatic heterocycles. The molecule has 3 nitrogen and oxygen atoms in total. The minimum Gasteiger partial charge on any atom is -0.500 e. The average molecular weight is 817 g/mol. The maximum atomic E-state index is 9.35. The maximum Gasteiger partial charge on any atom is 0.128 e. The van der Waals surface area contributed by atoms with Gasteiger partial charge in [0.05, 0.1) is 5.58 Å². The van der Waals surface area contributed by atoms with Crippen molar-refractivity contribution in [3.8, 4) is 22.5 Å². The first-order valence-corrected chi connectivity index (χ1v) is 15.9. The molecule has 0 bridgehead atoms. The second kappa shape index (κ2) is 13.8. The molecular formula is C44H42IrN2O-2. The Morgan fingerprint density at radius 2 is 1.56 bits per heavy atom. The van der Waals surface area contributed by atoms with Crippen molar-refractivity contribution in [3.05, 3.63) is 131 Å². The van der Waals surface area contributed by atoms with Crippen molar-refractivity contribution < 1.29 is 38.2 Å². The molecule has 7 aromatic rings. The second-order valence-corrected chi connectivity index (χ2v) is 13.1. The summed E-state index contributed by atoms with van der Waals surface area (Å²) in [5.74, 6) is -0.963. The van der Waals surface area contributed by atoms with Crippen molar-refractivity contribution in [3.63, 3.8) is 0 Å². The third-order valence-electron chi connectivity index (χ3n) is 9.27. The predicted molar refractivity (Wildman–Crippen MR) is 196 cm³/mol. The van der Waals surface area contributed by atoms with E-state index in [4.69, 9.17) is 16.8 Å². The van der Waals surface area contributed by atoms with Gasteiger partial charge in [-0.1, -0.05) is 85.7 Å². The van der Waals surface area contributed by atoms with Crippen LogP contribution in [0.2, 0.25) is 0 Å². The van der Waals surface area contributed by atoms with Crippen molar-refractivity contribution in [1.82, 2.24) is 9.97 Å². The molecule has 1 aliphatic rings. The van der Waals surface area contributed by atoms with Crippen LogP contribution in [-0.4, -0.2) is 9.97 Å². The molecule has 1 saturated carbocycles. The van der Waals surface area contributed by atoms with Crippen molar-refractivity contribution in [1.29, 1.82) is 0 Å². The molecule has 0 N–H and O–H groups in total. The van der Waals surface area contributed by atoms with Crippen LogP contribution in [0.15, 0.2) is 95.7 Å². The van der Waals surface area contributed by atoms with Crippen molar-refractivity contribution in [2.45, 2.75) is 72.9 Å². The van der Waals surface area contributed by atoms with E-state index >= 15 is 0 Å². The van der Waals surface area contributed by atoms with Crippen molar-refractivity contribution in [2.24, 2.45) is 5.41 Å². The number of aromatic nitrogens is 2. The van der Waals surface area contributed by atoms with Crippen LogP contribution in [0.1, 0.15) is 86.9 Å².